The zero-order valence-corrected chi connectivity index (χ0v) is 4.91. The predicted octanol–water partition coefficient (Wildman–Crippen LogP) is -0.646. The molecular weight excluding hydrogens is 163 g/mol. The first-order valence-corrected chi connectivity index (χ1v) is 3.51. The molecule has 0 aromatic heterocycles. The molecule has 0 aliphatic rings. The van der Waals surface area contributed by atoms with Gasteiger partial charge in [-0.3, -0.25) is 4.55 Å². The Balaban J connectivity index is 3.95. The highest BCUT2D eigenvalue weighted by molar-refractivity contribution is 7.91. The Morgan fingerprint density at radius 1 is 1.62 bits per heavy atom. The third kappa shape index (κ3) is 5.95. The van der Waals surface area contributed by atoms with E-state index in [4.69, 9.17) is 4.55 Å². The lowest BCUT2D eigenvalue weighted by molar-refractivity contribution is 0.415. The Bertz CT molecular complexity index is 177. The molecule has 5 nitrogen and oxygen atoms in total. The molecule has 0 amide bonds. The van der Waals surface area contributed by atoms with Crippen molar-refractivity contribution in [2.24, 2.45) is 0 Å². The highest BCUT2D eigenvalue weighted by atomic mass is 32.3. The van der Waals surface area contributed by atoms with Crippen molar-refractivity contribution in [3.63, 3.8) is 0 Å². The second-order valence-corrected chi connectivity index (χ2v) is 2.44. The Morgan fingerprint density at radius 2 is 2.00 bits per heavy atom. The summed E-state index contributed by atoms with van der Waals surface area (Å²) < 4.78 is 49.0. The maximum absolute atomic E-state index is 11.0. The lowest BCUT2D eigenvalue weighted by Crippen LogP contribution is -1.99. The number of rotatable bonds is 2. The van der Waals surface area contributed by atoms with Gasteiger partial charge in [-0.2, -0.15) is 12.6 Å². The highest BCUT2D eigenvalue weighted by Gasteiger charge is 2.10. The second-order valence-electron chi connectivity index (χ2n) is 0.678. The fourth-order valence-electron chi connectivity index (χ4n) is 0.0695. The predicted molar refractivity (Wildman–Crippen MR) is 21.9 cm³/mol. The summed E-state index contributed by atoms with van der Waals surface area (Å²) in [7, 11) is -5.27. The van der Waals surface area contributed by atoms with Crippen LogP contribution in [0.1, 0.15) is 0 Å². The number of hydrogen-bond donors (Lipinski definition) is 1. The van der Waals surface area contributed by atoms with Gasteiger partial charge >= 0.3 is 21.9 Å². The molecule has 0 spiro atoms. The van der Waals surface area contributed by atoms with E-state index in [-0.39, 0.29) is 0 Å². The van der Waals surface area contributed by atoms with Gasteiger partial charge in [-0.15, -0.1) is 3.63 Å². The minimum absolute atomic E-state index is 2.77. The third-order valence-electron chi connectivity index (χ3n) is 0.139. The largest absolute Gasteiger partial charge is 0.452 e. The first-order chi connectivity index (χ1) is 3.42. The minimum atomic E-state index is -5.27. The lowest BCUT2D eigenvalue weighted by Gasteiger charge is -1.84. The van der Waals surface area contributed by atoms with Crippen LogP contribution >= 0.6 is 0 Å². The molecule has 0 fully saturated rings. The van der Waals surface area contributed by atoms with Crippen LogP contribution in [-0.4, -0.2) is 17.2 Å². The van der Waals surface area contributed by atoms with Crippen LogP contribution in [0.2, 0.25) is 0 Å². The second kappa shape index (κ2) is 2.49. The van der Waals surface area contributed by atoms with Crippen LogP contribution < -0.4 is 0 Å². The van der Waals surface area contributed by atoms with Crippen molar-refractivity contribution < 1.29 is 24.7 Å². The smallest absolute Gasteiger partial charge is 0.283 e. The molecule has 1 unspecified atom stereocenters. The monoisotopic (exact) mass is 164 g/mol. The molecule has 0 aromatic rings. The summed E-state index contributed by atoms with van der Waals surface area (Å²) in [6.07, 6.45) is 0. The Labute approximate surface area is 47.4 Å². The van der Waals surface area contributed by atoms with E-state index in [1.54, 1.807) is 0 Å². The summed E-state index contributed by atoms with van der Waals surface area (Å²) in [5.41, 5.74) is 0. The van der Waals surface area contributed by atoms with E-state index >= 15 is 0 Å². The maximum Gasteiger partial charge on any atom is 0.452 e. The zero-order chi connectivity index (χ0) is 6.78. The standard InChI is InChI=1S/FHO5S2/c1-8(4,5)6-7(2)3/h(H,2,3). The van der Waals surface area contributed by atoms with Gasteiger partial charge < -0.3 is 0 Å². The van der Waals surface area contributed by atoms with Crippen molar-refractivity contribution in [3.05, 3.63) is 0 Å². The molecule has 1 atom stereocenters. The molecule has 0 saturated carbocycles. The van der Waals surface area contributed by atoms with E-state index < -0.39 is 21.9 Å². The first-order valence-electron chi connectivity index (χ1n) is 1.17. The van der Waals surface area contributed by atoms with Crippen LogP contribution in [0, 0.1) is 0 Å². The van der Waals surface area contributed by atoms with E-state index in [1.165, 1.54) is 0 Å². The molecule has 50 valence electrons. The molecule has 0 rings (SSSR count). The summed E-state index contributed by atoms with van der Waals surface area (Å²) in [5.74, 6) is 0. The van der Waals surface area contributed by atoms with Gasteiger partial charge in [0, 0.05) is 0 Å². The quantitative estimate of drug-likeness (QED) is 0.433. The van der Waals surface area contributed by atoms with Crippen molar-refractivity contribution in [1.82, 2.24) is 0 Å². The molecule has 8 heteroatoms. The molecular formula is HFO5S2. The van der Waals surface area contributed by atoms with Gasteiger partial charge in [0.2, 0.25) is 0 Å². The van der Waals surface area contributed by atoms with Crippen LogP contribution in [0.4, 0.5) is 3.89 Å². The van der Waals surface area contributed by atoms with Gasteiger partial charge in [-0.1, -0.05) is 3.89 Å². The molecule has 8 heavy (non-hydrogen) atoms. The number of halogens is 1. The summed E-state index contributed by atoms with van der Waals surface area (Å²) in [4.78, 5) is 0. The van der Waals surface area contributed by atoms with E-state index in [2.05, 4.69) is 3.63 Å². The molecule has 0 bridgehead atoms. The molecule has 0 aliphatic heterocycles. The third-order valence-corrected chi connectivity index (χ3v) is 1.26. The van der Waals surface area contributed by atoms with Crippen LogP contribution in [0.25, 0.3) is 0 Å². The van der Waals surface area contributed by atoms with Gasteiger partial charge in [0.15, 0.2) is 0 Å². The van der Waals surface area contributed by atoms with Gasteiger partial charge in [-0.25, -0.2) is 0 Å². The van der Waals surface area contributed by atoms with Crippen molar-refractivity contribution in [3.8, 4) is 0 Å². The lowest BCUT2D eigenvalue weighted by atomic mass is 15.8. The summed E-state index contributed by atoms with van der Waals surface area (Å²) in [6, 6.07) is 0. The number of hydrogen-bond acceptors (Lipinski definition) is 4. The van der Waals surface area contributed by atoms with Crippen molar-refractivity contribution in [1.29, 1.82) is 0 Å². The van der Waals surface area contributed by atoms with Crippen LogP contribution in [0.5, 0.6) is 0 Å². The topological polar surface area (TPSA) is 80.7 Å². The molecule has 0 radical (unpaired) electrons. The maximum atomic E-state index is 11.0. The SMILES string of the molecule is O=S(O)OS(=O)(=O)F. The Hall–Kier alpha value is -0.0500. The van der Waals surface area contributed by atoms with Gasteiger partial charge in [0.05, 0.1) is 0 Å². The van der Waals surface area contributed by atoms with E-state index in [1.807, 2.05) is 0 Å². The van der Waals surface area contributed by atoms with E-state index in [9.17, 15) is 16.5 Å². The Kier molecular flexibility index (Phi) is 2.47. The van der Waals surface area contributed by atoms with Crippen LogP contribution in [-0.2, 0) is 25.5 Å². The summed E-state index contributed by atoms with van der Waals surface area (Å²) in [5, 5.41) is 0. The van der Waals surface area contributed by atoms with Crippen molar-refractivity contribution in [2.75, 3.05) is 0 Å². The average molecular weight is 164 g/mol. The van der Waals surface area contributed by atoms with E-state index in [0.29, 0.717) is 0 Å². The Morgan fingerprint density at radius 3 is 2.00 bits per heavy atom. The van der Waals surface area contributed by atoms with Crippen LogP contribution in [0.15, 0.2) is 0 Å². The zero-order valence-electron chi connectivity index (χ0n) is 3.27. The van der Waals surface area contributed by atoms with Gasteiger partial charge in [-0.05, 0) is 0 Å². The normalized spacial score (nSPS) is 15.8. The average Bonchev–Trinajstić information content (AvgIpc) is 1.21. The fourth-order valence-corrected chi connectivity index (χ4v) is 0.626. The molecule has 0 saturated heterocycles. The van der Waals surface area contributed by atoms with Gasteiger partial charge in [0.25, 0.3) is 0 Å². The highest BCUT2D eigenvalue weighted by Crippen LogP contribution is 1.93. The molecule has 0 aliphatic carbocycles. The van der Waals surface area contributed by atoms with Gasteiger partial charge in [0.1, 0.15) is 0 Å². The van der Waals surface area contributed by atoms with Crippen LogP contribution in [0.3, 0.4) is 0 Å². The minimum Gasteiger partial charge on any atom is -0.283 e. The summed E-state index contributed by atoms with van der Waals surface area (Å²) in [6.45, 7) is 0. The molecule has 0 heterocycles. The van der Waals surface area contributed by atoms with Crippen molar-refractivity contribution in [2.45, 2.75) is 0 Å². The first kappa shape index (κ1) is 7.95. The molecule has 0 aromatic carbocycles. The van der Waals surface area contributed by atoms with E-state index in [0.717, 1.165) is 0 Å². The van der Waals surface area contributed by atoms with Crippen molar-refractivity contribution >= 4 is 21.9 Å². The molecule has 1 N–H and O–H groups in total. The fraction of sp³-hybridized carbons (Fsp3) is 0. The summed E-state index contributed by atoms with van der Waals surface area (Å²) >= 11 is -3.10.